The van der Waals surface area contributed by atoms with Crippen molar-refractivity contribution in [2.45, 2.75) is 50.9 Å². The third kappa shape index (κ3) is 5.67. The number of aromatic nitrogens is 3. The minimum Gasteiger partial charge on any atom is -0.481 e. The van der Waals surface area contributed by atoms with E-state index in [-0.39, 0.29) is 28.7 Å². The van der Waals surface area contributed by atoms with Crippen molar-refractivity contribution in [2.24, 2.45) is 0 Å². The Kier molecular flexibility index (Phi) is 7.55. The van der Waals surface area contributed by atoms with Crippen molar-refractivity contribution < 1.29 is 18.4 Å². The maximum atomic E-state index is 14.3. The molecule has 0 spiro atoms. The molecule has 1 aliphatic carbocycles. The minimum absolute atomic E-state index is 0.0162. The summed E-state index contributed by atoms with van der Waals surface area (Å²) >= 11 is 0. The van der Waals surface area contributed by atoms with Gasteiger partial charge in [-0.2, -0.15) is 0 Å². The molecule has 2 aliphatic rings. The van der Waals surface area contributed by atoms with Gasteiger partial charge in [-0.05, 0) is 59.4 Å². The van der Waals surface area contributed by atoms with Crippen LogP contribution in [0.25, 0.3) is 10.9 Å². The second-order valence-corrected chi connectivity index (χ2v) is 10.9. The van der Waals surface area contributed by atoms with Gasteiger partial charge in [0.2, 0.25) is 5.88 Å². The number of benzene rings is 1. The van der Waals surface area contributed by atoms with E-state index in [9.17, 15) is 23.7 Å². The summed E-state index contributed by atoms with van der Waals surface area (Å²) in [6.45, 7) is 2.17. The molecule has 0 radical (unpaired) electrons. The molecule has 1 saturated carbocycles. The van der Waals surface area contributed by atoms with E-state index < -0.39 is 16.6 Å². The number of hydrogen-bond acceptors (Lipinski definition) is 8. The number of hydrogen-bond donors (Lipinski definition) is 0. The van der Waals surface area contributed by atoms with Crippen molar-refractivity contribution in [2.75, 3.05) is 25.1 Å². The fourth-order valence-corrected chi connectivity index (χ4v) is 5.76. The normalized spacial score (nSPS) is 17.1. The Morgan fingerprint density at radius 3 is 2.62 bits per heavy atom. The first kappa shape index (κ1) is 27.7. The molecular weight excluding hydrogens is 546 g/mol. The van der Waals surface area contributed by atoms with Gasteiger partial charge < -0.3 is 24.3 Å². The maximum Gasteiger partial charge on any atom is 0.363 e. The van der Waals surface area contributed by atoms with E-state index >= 15 is 0 Å². The molecule has 42 heavy (non-hydrogen) atoms. The number of rotatable bonds is 9. The molecule has 1 atom stereocenters. The number of ether oxygens (including phenoxy) is 1. The second kappa shape index (κ2) is 11.4. The van der Waals surface area contributed by atoms with Crippen molar-refractivity contribution >= 4 is 22.4 Å². The predicted octanol–water partition coefficient (Wildman–Crippen LogP) is 4.99. The van der Waals surface area contributed by atoms with Crippen molar-refractivity contribution in [1.82, 2.24) is 19.4 Å². The van der Waals surface area contributed by atoms with Gasteiger partial charge in [0.25, 0.3) is 0 Å². The van der Waals surface area contributed by atoms with Crippen molar-refractivity contribution in [3.8, 4) is 5.88 Å². The Hall–Kier alpha value is -4.45. The lowest BCUT2D eigenvalue weighted by molar-refractivity contribution is -0.389. The molecule has 1 saturated heterocycles. The molecular formula is C30H30F2N6O4. The van der Waals surface area contributed by atoms with Gasteiger partial charge in [0.05, 0.1) is 18.3 Å². The summed E-state index contributed by atoms with van der Waals surface area (Å²) in [6.07, 6.45) is 8.56. The Morgan fingerprint density at radius 2 is 1.90 bits per heavy atom. The van der Waals surface area contributed by atoms with Gasteiger partial charge in [0.15, 0.2) is 23.3 Å². The SMILES string of the molecule is COc1cc(CN(Cc2cn(C3CC3)c3cc(F)c(F)cc3c2=O)[C@H]2CCCN(c3ccc([N+](=O)[O-])nc3)C2)ccn1. The highest BCUT2D eigenvalue weighted by Crippen LogP contribution is 2.37. The molecule has 0 bridgehead atoms. The summed E-state index contributed by atoms with van der Waals surface area (Å²) in [7, 11) is 1.55. The Morgan fingerprint density at radius 1 is 1.10 bits per heavy atom. The summed E-state index contributed by atoms with van der Waals surface area (Å²) in [5.74, 6) is -1.74. The Bertz CT molecular complexity index is 1690. The van der Waals surface area contributed by atoms with Crippen LogP contribution < -0.4 is 15.1 Å². The van der Waals surface area contributed by atoms with E-state index in [0.29, 0.717) is 36.6 Å². The highest BCUT2D eigenvalue weighted by atomic mass is 19.2. The lowest BCUT2D eigenvalue weighted by Crippen LogP contribution is -2.48. The summed E-state index contributed by atoms with van der Waals surface area (Å²) in [5.41, 5.74) is 2.34. The quantitative estimate of drug-likeness (QED) is 0.203. The number of methoxy groups -OCH3 is 1. The van der Waals surface area contributed by atoms with E-state index in [0.717, 1.165) is 55.6 Å². The van der Waals surface area contributed by atoms with Crippen LogP contribution in [0.1, 0.15) is 42.9 Å². The first-order chi connectivity index (χ1) is 20.3. The number of pyridine rings is 3. The van der Waals surface area contributed by atoms with Crippen LogP contribution in [0.3, 0.4) is 0 Å². The number of anilines is 1. The van der Waals surface area contributed by atoms with E-state index in [1.54, 1.807) is 25.6 Å². The van der Waals surface area contributed by atoms with E-state index in [1.807, 2.05) is 16.7 Å². The summed E-state index contributed by atoms with van der Waals surface area (Å²) in [4.78, 5) is 36.8. The van der Waals surface area contributed by atoms with Crippen LogP contribution in [0, 0.1) is 21.7 Å². The average Bonchev–Trinajstić information content (AvgIpc) is 3.85. The summed E-state index contributed by atoms with van der Waals surface area (Å²) < 4.78 is 35.7. The second-order valence-electron chi connectivity index (χ2n) is 10.9. The van der Waals surface area contributed by atoms with Gasteiger partial charge >= 0.3 is 5.82 Å². The lowest BCUT2D eigenvalue weighted by Gasteiger charge is -2.40. The first-order valence-corrected chi connectivity index (χ1v) is 13.9. The van der Waals surface area contributed by atoms with Crippen LogP contribution in [-0.4, -0.2) is 50.6 Å². The molecule has 3 aromatic heterocycles. The lowest BCUT2D eigenvalue weighted by atomic mass is 10.0. The van der Waals surface area contributed by atoms with E-state index in [4.69, 9.17) is 4.74 Å². The zero-order valence-corrected chi connectivity index (χ0v) is 23.1. The van der Waals surface area contributed by atoms with Crippen molar-refractivity contribution in [3.63, 3.8) is 0 Å². The van der Waals surface area contributed by atoms with Gasteiger partial charge in [-0.3, -0.25) is 9.69 Å². The molecule has 2 fully saturated rings. The van der Waals surface area contributed by atoms with Crippen LogP contribution in [0.4, 0.5) is 20.3 Å². The molecule has 4 aromatic rings. The number of nitro groups is 1. The van der Waals surface area contributed by atoms with Gasteiger partial charge in [-0.1, -0.05) is 0 Å². The summed E-state index contributed by atoms with van der Waals surface area (Å²) in [5, 5.41) is 11.3. The Labute approximate surface area is 240 Å². The van der Waals surface area contributed by atoms with Gasteiger partial charge in [-0.25, -0.2) is 13.8 Å². The zero-order chi connectivity index (χ0) is 29.4. The van der Waals surface area contributed by atoms with Crippen molar-refractivity contribution in [1.29, 1.82) is 0 Å². The van der Waals surface area contributed by atoms with Crippen LogP contribution in [-0.2, 0) is 13.1 Å². The van der Waals surface area contributed by atoms with E-state index in [2.05, 4.69) is 19.8 Å². The molecule has 1 aromatic carbocycles. The molecule has 4 heterocycles. The molecule has 1 aliphatic heterocycles. The van der Waals surface area contributed by atoms with Crippen LogP contribution in [0.2, 0.25) is 0 Å². The predicted molar refractivity (Wildman–Crippen MR) is 153 cm³/mol. The minimum atomic E-state index is -1.04. The van der Waals surface area contributed by atoms with Gasteiger partial charge in [0, 0.05) is 79.8 Å². The third-order valence-electron chi connectivity index (χ3n) is 8.05. The smallest absolute Gasteiger partial charge is 0.363 e. The van der Waals surface area contributed by atoms with Gasteiger partial charge in [-0.15, -0.1) is 0 Å². The molecule has 218 valence electrons. The first-order valence-electron chi connectivity index (χ1n) is 13.9. The topological polar surface area (TPSA) is 107 Å². The summed E-state index contributed by atoms with van der Waals surface area (Å²) in [6, 6.07) is 9.15. The fourth-order valence-electron chi connectivity index (χ4n) is 5.76. The zero-order valence-electron chi connectivity index (χ0n) is 23.1. The maximum absolute atomic E-state index is 14.3. The average molecular weight is 577 g/mol. The molecule has 6 rings (SSSR count). The van der Waals surface area contributed by atoms with Crippen molar-refractivity contribution in [3.05, 3.63) is 98.1 Å². The number of fused-ring (bicyclic) bond motifs is 1. The molecule has 0 unspecified atom stereocenters. The van der Waals surface area contributed by atoms with Crippen LogP contribution in [0.15, 0.2) is 59.8 Å². The van der Waals surface area contributed by atoms with Gasteiger partial charge in [0.1, 0.15) is 0 Å². The number of nitrogens with zero attached hydrogens (tertiary/aromatic N) is 6. The fraction of sp³-hybridized carbons (Fsp3) is 0.367. The number of piperidine rings is 1. The van der Waals surface area contributed by atoms with E-state index in [1.165, 1.54) is 12.3 Å². The third-order valence-corrected chi connectivity index (χ3v) is 8.05. The molecule has 0 amide bonds. The standard InChI is InChI=1S/C30H30F2N6O4/c1-42-29-11-19(8-9-33-29)15-36(23-3-2-10-35(18-23)22-6-7-28(34-14-22)38(40)41)16-20-17-37(21-4-5-21)27-13-26(32)25(31)12-24(27)30(20)39/h6-9,11-14,17,21,23H,2-5,10,15-16,18H2,1H3/t23-/m0/s1. The Balaban J connectivity index is 1.36. The number of halogens is 2. The molecule has 10 nitrogen and oxygen atoms in total. The molecule has 12 heteroatoms. The van der Waals surface area contributed by atoms with Crippen LogP contribution in [0.5, 0.6) is 5.88 Å². The highest BCUT2D eigenvalue weighted by Gasteiger charge is 2.30. The monoisotopic (exact) mass is 576 g/mol. The molecule has 0 N–H and O–H groups in total. The largest absolute Gasteiger partial charge is 0.481 e. The highest BCUT2D eigenvalue weighted by molar-refractivity contribution is 5.80. The van der Waals surface area contributed by atoms with Crippen LogP contribution >= 0.6 is 0 Å².